The molecule has 1 amide bonds. The van der Waals surface area contributed by atoms with Crippen molar-refractivity contribution in [3.63, 3.8) is 0 Å². The van der Waals surface area contributed by atoms with Crippen molar-refractivity contribution in [2.75, 3.05) is 18.4 Å². The molecule has 1 atom stereocenters. The zero-order valence-electron chi connectivity index (χ0n) is 12.5. The standard InChI is InChI=1S/C16H22N2O3/c1-16(2,15(20)21)12-5-7-13(8-6-12)18-14(19)11-4-3-9-17-10-11/h5-8,11,17H,3-4,9-10H2,1-2H3,(H,18,19)(H,20,21)/t11-/m1/s1. The van der Waals surface area contributed by atoms with Gasteiger partial charge in [0, 0.05) is 12.2 Å². The van der Waals surface area contributed by atoms with Crippen LogP contribution >= 0.6 is 0 Å². The maximum Gasteiger partial charge on any atom is 0.313 e. The summed E-state index contributed by atoms with van der Waals surface area (Å²) in [5, 5.41) is 15.3. The largest absolute Gasteiger partial charge is 0.481 e. The summed E-state index contributed by atoms with van der Waals surface area (Å²) in [5.41, 5.74) is 0.485. The number of hydrogen-bond acceptors (Lipinski definition) is 3. The number of carboxylic acid groups (broad SMARTS) is 1. The molecule has 0 bridgehead atoms. The topological polar surface area (TPSA) is 78.4 Å². The fourth-order valence-electron chi connectivity index (χ4n) is 2.41. The predicted octanol–water partition coefficient (Wildman–Crippen LogP) is 1.99. The van der Waals surface area contributed by atoms with Gasteiger partial charge in [0.25, 0.3) is 0 Å². The van der Waals surface area contributed by atoms with E-state index in [-0.39, 0.29) is 11.8 Å². The summed E-state index contributed by atoms with van der Waals surface area (Å²) in [7, 11) is 0. The summed E-state index contributed by atoms with van der Waals surface area (Å²) in [6.45, 7) is 5.02. The van der Waals surface area contributed by atoms with Crippen molar-refractivity contribution in [3.8, 4) is 0 Å². The molecule has 1 aromatic rings. The van der Waals surface area contributed by atoms with E-state index >= 15 is 0 Å². The van der Waals surface area contributed by atoms with Crippen molar-refractivity contribution in [2.24, 2.45) is 5.92 Å². The van der Waals surface area contributed by atoms with Gasteiger partial charge >= 0.3 is 5.97 Å². The molecule has 0 radical (unpaired) electrons. The Kier molecular flexibility index (Phi) is 4.63. The molecule has 0 aromatic heterocycles. The van der Waals surface area contributed by atoms with Crippen LogP contribution in [0, 0.1) is 5.92 Å². The number of carbonyl (C=O) groups excluding carboxylic acids is 1. The van der Waals surface area contributed by atoms with Crippen LogP contribution in [-0.4, -0.2) is 30.1 Å². The van der Waals surface area contributed by atoms with Gasteiger partial charge in [0.05, 0.1) is 11.3 Å². The van der Waals surface area contributed by atoms with E-state index in [9.17, 15) is 14.7 Å². The maximum absolute atomic E-state index is 12.1. The molecule has 1 aliphatic heterocycles. The number of aliphatic carboxylic acids is 1. The fourth-order valence-corrected chi connectivity index (χ4v) is 2.41. The molecular formula is C16H22N2O3. The molecule has 0 aliphatic carbocycles. The number of piperidine rings is 1. The Balaban J connectivity index is 2.02. The molecular weight excluding hydrogens is 268 g/mol. The lowest BCUT2D eigenvalue weighted by Crippen LogP contribution is -2.37. The molecule has 114 valence electrons. The number of nitrogens with one attached hydrogen (secondary N) is 2. The van der Waals surface area contributed by atoms with Crippen LogP contribution in [0.4, 0.5) is 5.69 Å². The lowest BCUT2D eigenvalue weighted by Gasteiger charge is -2.22. The second-order valence-corrected chi connectivity index (χ2v) is 6.04. The van der Waals surface area contributed by atoms with Crippen LogP contribution in [0.15, 0.2) is 24.3 Å². The van der Waals surface area contributed by atoms with E-state index in [1.54, 1.807) is 38.1 Å². The Bertz CT molecular complexity index is 517. The van der Waals surface area contributed by atoms with Crippen molar-refractivity contribution >= 4 is 17.6 Å². The van der Waals surface area contributed by atoms with Crippen molar-refractivity contribution in [1.82, 2.24) is 5.32 Å². The van der Waals surface area contributed by atoms with E-state index in [2.05, 4.69) is 10.6 Å². The van der Waals surface area contributed by atoms with Gasteiger partial charge < -0.3 is 15.7 Å². The second-order valence-electron chi connectivity index (χ2n) is 6.04. The van der Waals surface area contributed by atoms with Gasteiger partial charge in [-0.3, -0.25) is 9.59 Å². The smallest absolute Gasteiger partial charge is 0.313 e. The number of benzene rings is 1. The second kappa shape index (κ2) is 6.26. The quantitative estimate of drug-likeness (QED) is 0.792. The first kappa shape index (κ1) is 15.5. The van der Waals surface area contributed by atoms with Crippen LogP contribution in [-0.2, 0) is 15.0 Å². The molecule has 0 saturated carbocycles. The highest BCUT2D eigenvalue weighted by Crippen LogP contribution is 2.25. The highest BCUT2D eigenvalue weighted by atomic mass is 16.4. The first-order chi connectivity index (χ1) is 9.91. The molecule has 1 saturated heterocycles. The molecule has 0 unspecified atom stereocenters. The molecule has 1 heterocycles. The van der Waals surface area contributed by atoms with E-state index in [0.29, 0.717) is 11.3 Å². The van der Waals surface area contributed by atoms with Crippen LogP contribution in [0.2, 0.25) is 0 Å². The summed E-state index contributed by atoms with van der Waals surface area (Å²) >= 11 is 0. The molecule has 2 rings (SSSR count). The molecule has 1 aromatic carbocycles. The minimum absolute atomic E-state index is 0.00823. The summed E-state index contributed by atoms with van der Waals surface area (Å²) in [6.07, 6.45) is 1.92. The monoisotopic (exact) mass is 290 g/mol. The van der Waals surface area contributed by atoms with Crippen molar-refractivity contribution < 1.29 is 14.7 Å². The highest BCUT2D eigenvalue weighted by Gasteiger charge is 2.29. The summed E-state index contributed by atoms with van der Waals surface area (Å²) in [5.74, 6) is -0.839. The van der Waals surface area contributed by atoms with Gasteiger partial charge in [-0.1, -0.05) is 12.1 Å². The molecule has 21 heavy (non-hydrogen) atoms. The summed E-state index contributed by atoms with van der Waals surface area (Å²) in [4.78, 5) is 23.3. The maximum atomic E-state index is 12.1. The van der Waals surface area contributed by atoms with Gasteiger partial charge in [-0.05, 0) is 50.9 Å². The predicted molar refractivity (Wildman–Crippen MR) is 81.3 cm³/mol. The minimum atomic E-state index is -0.935. The number of anilines is 1. The Labute approximate surface area is 124 Å². The van der Waals surface area contributed by atoms with Crippen molar-refractivity contribution in [3.05, 3.63) is 29.8 Å². The number of carboxylic acids is 1. The first-order valence-corrected chi connectivity index (χ1v) is 7.27. The van der Waals surface area contributed by atoms with E-state index in [1.165, 1.54) is 0 Å². The molecule has 5 nitrogen and oxygen atoms in total. The minimum Gasteiger partial charge on any atom is -0.481 e. The molecule has 1 fully saturated rings. The van der Waals surface area contributed by atoms with E-state index in [1.807, 2.05) is 0 Å². The SMILES string of the molecule is CC(C)(C(=O)O)c1ccc(NC(=O)[C@@H]2CCCNC2)cc1. The normalized spacial score (nSPS) is 19.0. The molecule has 5 heteroatoms. The molecule has 0 spiro atoms. The Morgan fingerprint density at radius 3 is 2.48 bits per heavy atom. The van der Waals surface area contributed by atoms with Crippen LogP contribution in [0.3, 0.4) is 0 Å². The van der Waals surface area contributed by atoms with E-state index in [0.717, 1.165) is 25.9 Å². The lowest BCUT2D eigenvalue weighted by atomic mass is 9.85. The van der Waals surface area contributed by atoms with Crippen LogP contribution in [0.5, 0.6) is 0 Å². The third kappa shape index (κ3) is 3.61. The fraction of sp³-hybridized carbons (Fsp3) is 0.500. The summed E-state index contributed by atoms with van der Waals surface area (Å²) < 4.78 is 0. The zero-order valence-corrected chi connectivity index (χ0v) is 12.5. The Hall–Kier alpha value is -1.88. The van der Waals surface area contributed by atoms with Gasteiger partial charge in [-0.25, -0.2) is 0 Å². The van der Waals surface area contributed by atoms with E-state index in [4.69, 9.17) is 0 Å². The first-order valence-electron chi connectivity index (χ1n) is 7.27. The van der Waals surface area contributed by atoms with E-state index < -0.39 is 11.4 Å². The third-order valence-corrected chi connectivity index (χ3v) is 4.08. The number of hydrogen-bond donors (Lipinski definition) is 3. The molecule has 3 N–H and O–H groups in total. The molecule has 1 aliphatic rings. The van der Waals surface area contributed by atoms with Gasteiger partial charge in [-0.15, -0.1) is 0 Å². The van der Waals surface area contributed by atoms with Crippen LogP contribution in [0.1, 0.15) is 32.3 Å². The van der Waals surface area contributed by atoms with Crippen LogP contribution in [0.25, 0.3) is 0 Å². The van der Waals surface area contributed by atoms with Gasteiger partial charge in [0.15, 0.2) is 0 Å². The zero-order chi connectivity index (χ0) is 15.5. The number of carbonyl (C=O) groups is 2. The average Bonchev–Trinajstić information content (AvgIpc) is 2.48. The third-order valence-electron chi connectivity index (χ3n) is 4.08. The van der Waals surface area contributed by atoms with Crippen LogP contribution < -0.4 is 10.6 Å². The van der Waals surface area contributed by atoms with Crippen molar-refractivity contribution in [1.29, 1.82) is 0 Å². The Morgan fingerprint density at radius 1 is 1.29 bits per heavy atom. The van der Waals surface area contributed by atoms with Gasteiger partial charge in [0.2, 0.25) is 5.91 Å². The van der Waals surface area contributed by atoms with Gasteiger partial charge in [-0.2, -0.15) is 0 Å². The average molecular weight is 290 g/mol. The number of rotatable bonds is 4. The summed E-state index contributed by atoms with van der Waals surface area (Å²) in [6, 6.07) is 7.02. The van der Waals surface area contributed by atoms with Gasteiger partial charge in [0.1, 0.15) is 0 Å². The number of amides is 1. The Morgan fingerprint density at radius 2 is 1.95 bits per heavy atom. The van der Waals surface area contributed by atoms with Crippen molar-refractivity contribution in [2.45, 2.75) is 32.1 Å². The highest BCUT2D eigenvalue weighted by molar-refractivity contribution is 5.92. The lowest BCUT2D eigenvalue weighted by molar-refractivity contribution is -0.142.